The second-order valence-electron chi connectivity index (χ2n) is 9.60. The van der Waals surface area contributed by atoms with E-state index in [0.29, 0.717) is 12.0 Å². The van der Waals surface area contributed by atoms with Gasteiger partial charge in [0, 0.05) is 37.2 Å². The SMILES string of the molecule is CCSCCCO[C@]1(C(=O)O)CC(O)[C@@H](NC(C)=O)C(C(O)[C@H](O)CNC(=O)c2ccc(-c3ccccn3)cc2)O1. The number of aliphatic hydroxyl groups excluding tert-OH is 3. The van der Waals surface area contributed by atoms with Gasteiger partial charge in [0.15, 0.2) is 0 Å². The molecule has 3 rings (SSSR count). The number of carboxylic acid groups (broad SMARTS) is 1. The molecule has 0 radical (unpaired) electrons. The van der Waals surface area contributed by atoms with Crippen LogP contribution in [0.3, 0.4) is 0 Å². The van der Waals surface area contributed by atoms with E-state index in [1.54, 1.807) is 48.3 Å². The van der Waals surface area contributed by atoms with Crippen molar-refractivity contribution in [3.05, 3.63) is 54.2 Å². The van der Waals surface area contributed by atoms with Crippen molar-refractivity contribution in [1.29, 1.82) is 0 Å². The lowest BCUT2D eigenvalue weighted by molar-refractivity contribution is -0.310. The summed E-state index contributed by atoms with van der Waals surface area (Å²) in [6, 6.07) is 10.9. The van der Waals surface area contributed by atoms with Gasteiger partial charge in [-0.25, -0.2) is 4.79 Å². The van der Waals surface area contributed by atoms with E-state index < -0.39 is 67.0 Å². The molecule has 0 bridgehead atoms. The van der Waals surface area contributed by atoms with Crippen LogP contribution in [0.25, 0.3) is 11.3 Å². The zero-order valence-electron chi connectivity index (χ0n) is 22.9. The number of amides is 2. The smallest absolute Gasteiger partial charge is 0.364 e. The molecule has 0 aliphatic carbocycles. The van der Waals surface area contributed by atoms with E-state index in [1.807, 2.05) is 19.1 Å². The summed E-state index contributed by atoms with van der Waals surface area (Å²) in [4.78, 5) is 41.0. The molecular formula is C28H37N3O9S. The van der Waals surface area contributed by atoms with Gasteiger partial charge in [-0.05, 0) is 42.2 Å². The maximum Gasteiger partial charge on any atom is 0.364 e. The number of carboxylic acids is 1. The quantitative estimate of drug-likeness (QED) is 0.171. The van der Waals surface area contributed by atoms with Crippen molar-refractivity contribution in [2.24, 2.45) is 0 Å². The first-order valence-corrected chi connectivity index (χ1v) is 14.5. The topological polar surface area (TPSA) is 188 Å². The molecule has 41 heavy (non-hydrogen) atoms. The van der Waals surface area contributed by atoms with Crippen molar-refractivity contribution in [2.45, 2.75) is 62.9 Å². The fraction of sp³-hybridized carbons (Fsp3) is 0.500. The number of hydrogen-bond donors (Lipinski definition) is 6. The van der Waals surface area contributed by atoms with E-state index in [9.17, 15) is 34.8 Å². The average Bonchev–Trinajstić information content (AvgIpc) is 2.96. The van der Waals surface area contributed by atoms with E-state index >= 15 is 0 Å². The molecule has 2 aromatic rings. The first kappa shape index (κ1) is 32.4. The maximum absolute atomic E-state index is 12.7. The van der Waals surface area contributed by atoms with Crippen LogP contribution in [0.15, 0.2) is 48.7 Å². The van der Waals surface area contributed by atoms with Crippen LogP contribution in [0.4, 0.5) is 0 Å². The molecule has 12 nitrogen and oxygen atoms in total. The lowest BCUT2D eigenvalue weighted by Gasteiger charge is -2.46. The molecule has 224 valence electrons. The average molecular weight is 592 g/mol. The molecule has 1 fully saturated rings. The van der Waals surface area contributed by atoms with E-state index in [0.717, 1.165) is 22.8 Å². The molecule has 0 saturated carbocycles. The van der Waals surface area contributed by atoms with Crippen LogP contribution in [-0.2, 0) is 19.1 Å². The number of carbonyl (C=O) groups is 3. The van der Waals surface area contributed by atoms with Gasteiger partial charge in [-0.15, -0.1) is 0 Å². The number of rotatable bonds is 14. The number of aromatic nitrogens is 1. The Labute approximate surface area is 242 Å². The summed E-state index contributed by atoms with van der Waals surface area (Å²) in [6.07, 6.45) is -4.85. The highest BCUT2D eigenvalue weighted by atomic mass is 32.2. The number of benzene rings is 1. The first-order valence-electron chi connectivity index (χ1n) is 13.3. The largest absolute Gasteiger partial charge is 0.477 e. The Bertz CT molecular complexity index is 1150. The molecule has 1 aliphatic heterocycles. The third kappa shape index (κ3) is 8.71. The second-order valence-corrected chi connectivity index (χ2v) is 11.0. The predicted molar refractivity (Wildman–Crippen MR) is 151 cm³/mol. The number of nitrogens with zero attached hydrogens (tertiary/aromatic N) is 1. The van der Waals surface area contributed by atoms with Gasteiger partial charge >= 0.3 is 5.97 Å². The minimum atomic E-state index is -2.31. The van der Waals surface area contributed by atoms with Crippen LogP contribution in [0, 0.1) is 0 Å². The Morgan fingerprint density at radius 2 is 1.93 bits per heavy atom. The molecule has 1 aromatic heterocycles. The first-order chi connectivity index (χ1) is 19.6. The minimum Gasteiger partial charge on any atom is -0.477 e. The molecule has 3 unspecified atom stereocenters. The second kappa shape index (κ2) is 15.2. The van der Waals surface area contributed by atoms with E-state index in [2.05, 4.69) is 15.6 Å². The highest BCUT2D eigenvalue weighted by Gasteiger charge is 2.55. The van der Waals surface area contributed by atoms with Crippen molar-refractivity contribution in [2.75, 3.05) is 24.7 Å². The third-order valence-electron chi connectivity index (χ3n) is 6.55. The Morgan fingerprint density at radius 3 is 2.54 bits per heavy atom. The number of thioether (sulfide) groups is 1. The Kier molecular flexibility index (Phi) is 12.1. The van der Waals surface area contributed by atoms with Crippen molar-refractivity contribution < 1.29 is 44.3 Å². The van der Waals surface area contributed by atoms with E-state index in [1.165, 1.54) is 6.92 Å². The zero-order chi connectivity index (χ0) is 30.0. The van der Waals surface area contributed by atoms with Gasteiger partial charge in [0.05, 0.1) is 30.6 Å². The van der Waals surface area contributed by atoms with Crippen molar-refractivity contribution in [1.82, 2.24) is 15.6 Å². The fourth-order valence-electron chi connectivity index (χ4n) is 4.46. The summed E-state index contributed by atoms with van der Waals surface area (Å²) < 4.78 is 11.3. The maximum atomic E-state index is 12.7. The summed E-state index contributed by atoms with van der Waals surface area (Å²) in [5, 5.41) is 47.5. The van der Waals surface area contributed by atoms with Crippen LogP contribution < -0.4 is 10.6 Å². The highest BCUT2D eigenvalue weighted by Crippen LogP contribution is 2.33. The zero-order valence-corrected chi connectivity index (χ0v) is 23.8. The predicted octanol–water partition coefficient (Wildman–Crippen LogP) is 0.795. The highest BCUT2D eigenvalue weighted by molar-refractivity contribution is 7.99. The molecule has 1 aliphatic rings. The van der Waals surface area contributed by atoms with Gasteiger partial charge in [0.2, 0.25) is 5.91 Å². The Hall–Kier alpha value is -3.07. The lowest BCUT2D eigenvalue weighted by Crippen LogP contribution is -2.68. The number of nitrogens with one attached hydrogen (secondary N) is 2. The number of pyridine rings is 1. The van der Waals surface area contributed by atoms with Gasteiger partial charge in [0.1, 0.15) is 12.2 Å². The molecule has 1 saturated heterocycles. The van der Waals surface area contributed by atoms with Crippen molar-refractivity contribution in [3.63, 3.8) is 0 Å². The number of ether oxygens (including phenoxy) is 2. The molecule has 6 N–H and O–H groups in total. The Balaban J connectivity index is 1.69. The van der Waals surface area contributed by atoms with Gasteiger partial charge < -0.3 is 40.5 Å². The normalized spacial score (nSPS) is 23.8. The van der Waals surface area contributed by atoms with Crippen LogP contribution in [-0.4, -0.2) is 104 Å². The molecule has 2 amide bonds. The summed E-state index contributed by atoms with van der Waals surface area (Å²) in [5.74, 6) is -3.31. The van der Waals surface area contributed by atoms with Crippen molar-refractivity contribution >= 4 is 29.5 Å². The fourth-order valence-corrected chi connectivity index (χ4v) is 5.07. The number of hydrogen-bond acceptors (Lipinski definition) is 10. The summed E-state index contributed by atoms with van der Waals surface area (Å²) in [5.41, 5.74) is 1.84. The molecule has 2 heterocycles. The molecule has 0 spiro atoms. The van der Waals surface area contributed by atoms with Gasteiger partial charge in [0.25, 0.3) is 11.7 Å². The standard InChI is InChI=1S/C28H37N3O9S/c1-3-41-14-6-13-39-28(27(37)38)15-21(33)23(31-17(2)32)25(40-28)24(35)22(34)16-30-26(36)19-10-8-18(9-11-19)20-7-4-5-12-29-20/h4-5,7-12,21-25,33-35H,3,6,13-16H2,1-2H3,(H,30,36)(H,31,32)(H,37,38)/t21?,22-,23-,24?,25?,28-/m1/s1. The van der Waals surface area contributed by atoms with Crippen LogP contribution in [0.1, 0.15) is 37.0 Å². The summed E-state index contributed by atoms with van der Waals surface area (Å²) >= 11 is 1.65. The van der Waals surface area contributed by atoms with E-state index in [-0.39, 0.29) is 6.61 Å². The van der Waals surface area contributed by atoms with E-state index in [4.69, 9.17) is 9.47 Å². The Morgan fingerprint density at radius 1 is 1.20 bits per heavy atom. The summed E-state index contributed by atoms with van der Waals surface area (Å²) in [6.45, 7) is 2.76. The van der Waals surface area contributed by atoms with Gasteiger partial charge in [-0.2, -0.15) is 11.8 Å². The lowest BCUT2D eigenvalue weighted by atomic mass is 9.88. The van der Waals surface area contributed by atoms with Crippen LogP contribution in [0.5, 0.6) is 0 Å². The van der Waals surface area contributed by atoms with Crippen molar-refractivity contribution in [3.8, 4) is 11.3 Å². The minimum absolute atomic E-state index is 0.0113. The van der Waals surface area contributed by atoms with Gasteiger partial charge in [-0.3, -0.25) is 14.6 Å². The monoisotopic (exact) mass is 591 g/mol. The molecule has 6 atom stereocenters. The number of carbonyl (C=O) groups excluding carboxylic acids is 2. The molecular weight excluding hydrogens is 554 g/mol. The molecule has 1 aromatic carbocycles. The van der Waals surface area contributed by atoms with Crippen LogP contribution in [0.2, 0.25) is 0 Å². The van der Waals surface area contributed by atoms with Gasteiger partial charge in [-0.1, -0.05) is 25.1 Å². The third-order valence-corrected chi connectivity index (χ3v) is 7.54. The number of aliphatic hydroxyl groups is 3. The van der Waals surface area contributed by atoms with Crippen LogP contribution >= 0.6 is 11.8 Å². The number of aliphatic carboxylic acids is 1. The summed E-state index contributed by atoms with van der Waals surface area (Å²) in [7, 11) is 0. The molecule has 13 heteroatoms.